The number of hydrogen-bond donors (Lipinski definition) is 2. The van der Waals surface area contributed by atoms with Crippen molar-refractivity contribution in [3.8, 4) is 0 Å². The zero-order valence-corrected chi connectivity index (χ0v) is 8.80. The Morgan fingerprint density at radius 1 is 1.42 bits per heavy atom. The van der Waals surface area contributed by atoms with E-state index in [4.69, 9.17) is 10.8 Å². The van der Waals surface area contributed by atoms with E-state index in [1.165, 1.54) is 0 Å². The zero-order valence-electron chi connectivity index (χ0n) is 8.80. The largest absolute Gasteiger partial charge is 0.396 e. The first-order valence-corrected chi connectivity index (χ1v) is 4.85. The van der Waals surface area contributed by atoms with Crippen molar-refractivity contribution in [3.63, 3.8) is 0 Å². The number of aliphatic hydroxyl groups excluding tert-OH is 1. The molecule has 0 aromatic rings. The molecule has 0 fully saturated rings. The van der Waals surface area contributed by atoms with Gasteiger partial charge in [-0.15, -0.1) is 0 Å². The summed E-state index contributed by atoms with van der Waals surface area (Å²) in [4.78, 5) is 0. The number of nitrogens with two attached hydrogens (primary N) is 1. The molecule has 0 aliphatic heterocycles. The monoisotopic (exact) mass is 173 g/mol. The minimum atomic E-state index is 0.0868. The van der Waals surface area contributed by atoms with Crippen LogP contribution in [0.1, 0.15) is 40.5 Å². The van der Waals surface area contributed by atoms with Crippen molar-refractivity contribution in [2.45, 2.75) is 46.6 Å². The van der Waals surface area contributed by atoms with Gasteiger partial charge in [-0.1, -0.05) is 27.7 Å². The van der Waals surface area contributed by atoms with Gasteiger partial charge in [0.15, 0.2) is 0 Å². The Morgan fingerprint density at radius 3 is 2.17 bits per heavy atom. The minimum Gasteiger partial charge on any atom is -0.396 e. The summed E-state index contributed by atoms with van der Waals surface area (Å²) in [6.45, 7) is 8.85. The number of hydrogen-bond acceptors (Lipinski definition) is 2. The van der Waals surface area contributed by atoms with Crippen molar-refractivity contribution in [2.24, 2.45) is 17.1 Å². The molecule has 0 aromatic carbocycles. The third-order valence-corrected chi connectivity index (χ3v) is 3.26. The lowest BCUT2D eigenvalue weighted by Gasteiger charge is -2.38. The van der Waals surface area contributed by atoms with Crippen LogP contribution in [0.5, 0.6) is 0 Å². The fourth-order valence-electron chi connectivity index (χ4n) is 1.61. The van der Waals surface area contributed by atoms with Crippen molar-refractivity contribution in [1.82, 2.24) is 0 Å². The highest BCUT2D eigenvalue weighted by Crippen LogP contribution is 2.34. The Kier molecular flexibility index (Phi) is 4.80. The molecule has 74 valence electrons. The lowest BCUT2D eigenvalue weighted by atomic mass is 9.70. The maximum atomic E-state index is 8.94. The van der Waals surface area contributed by atoms with E-state index >= 15 is 0 Å². The van der Waals surface area contributed by atoms with Gasteiger partial charge in [0.2, 0.25) is 0 Å². The normalized spacial score (nSPS) is 19.2. The summed E-state index contributed by atoms with van der Waals surface area (Å²) in [5, 5.41) is 8.94. The van der Waals surface area contributed by atoms with Gasteiger partial charge >= 0.3 is 0 Å². The molecule has 0 saturated carbocycles. The molecule has 12 heavy (non-hydrogen) atoms. The molecule has 0 saturated heterocycles. The molecule has 2 heteroatoms. The van der Waals surface area contributed by atoms with E-state index < -0.39 is 0 Å². The maximum Gasteiger partial charge on any atom is 0.0436 e. The van der Waals surface area contributed by atoms with E-state index in [0.29, 0.717) is 5.92 Å². The summed E-state index contributed by atoms with van der Waals surface area (Å²) < 4.78 is 0. The van der Waals surface area contributed by atoms with E-state index in [1.807, 2.05) is 0 Å². The number of rotatable bonds is 5. The molecule has 0 bridgehead atoms. The van der Waals surface area contributed by atoms with Crippen LogP contribution in [0.3, 0.4) is 0 Å². The highest BCUT2D eigenvalue weighted by molar-refractivity contribution is 4.86. The summed E-state index contributed by atoms with van der Waals surface area (Å²) >= 11 is 0. The molecule has 3 N–H and O–H groups in total. The smallest absolute Gasteiger partial charge is 0.0436 e. The fourth-order valence-corrected chi connectivity index (χ4v) is 1.61. The third kappa shape index (κ3) is 2.46. The van der Waals surface area contributed by atoms with E-state index in [0.717, 1.165) is 12.8 Å². The van der Waals surface area contributed by atoms with Crippen molar-refractivity contribution < 1.29 is 5.11 Å². The summed E-state index contributed by atoms with van der Waals surface area (Å²) in [5.74, 6) is 0.527. The molecule has 0 aliphatic rings. The summed E-state index contributed by atoms with van der Waals surface area (Å²) in [6.07, 6.45) is 1.79. The second-order valence-corrected chi connectivity index (χ2v) is 4.15. The second-order valence-electron chi connectivity index (χ2n) is 4.15. The Balaban J connectivity index is 4.37. The van der Waals surface area contributed by atoms with Gasteiger partial charge in [0.25, 0.3) is 0 Å². The summed E-state index contributed by atoms with van der Waals surface area (Å²) in [7, 11) is 0. The molecule has 2 nitrogen and oxygen atoms in total. The molecular weight excluding hydrogens is 150 g/mol. The predicted octanol–water partition coefficient (Wildman–Crippen LogP) is 1.77. The van der Waals surface area contributed by atoms with Crippen LogP contribution in [-0.4, -0.2) is 17.8 Å². The Bertz CT molecular complexity index is 125. The van der Waals surface area contributed by atoms with E-state index in [2.05, 4.69) is 27.7 Å². The van der Waals surface area contributed by atoms with Crippen molar-refractivity contribution in [1.29, 1.82) is 0 Å². The Labute approximate surface area is 76.2 Å². The first kappa shape index (κ1) is 11.9. The summed E-state index contributed by atoms with van der Waals surface area (Å²) in [6, 6.07) is 0.199. The highest BCUT2D eigenvalue weighted by Gasteiger charge is 2.33. The first-order chi connectivity index (χ1) is 5.49. The number of aliphatic hydroxyl groups is 1. The summed E-state index contributed by atoms with van der Waals surface area (Å²) in [5.41, 5.74) is 6.11. The molecule has 2 unspecified atom stereocenters. The molecule has 0 amide bonds. The third-order valence-electron chi connectivity index (χ3n) is 3.26. The lowest BCUT2D eigenvalue weighted by molar-refractivity contribution is 0.110. The van der Waals surface area contributed by atoms with Gasteiger partial charge in [-0.05, 0) is 24.2 Å². The molecule has 0 spiro atoms. The first-order valence-electron chi connectivity index (χ1n) is 4.85. The van der Waals surface area contributed by atoms with Gasteiger partial charge in [-0.25, -0.2) is 0 Å². The van der Waals surface area contributed by atoms with Crippen LogP contribution in [-0.2, 0) is 0 Å². The van der Waals surface area contributed by atoms with Crippen LogP contribution in [0.4, 0.5) is 0 Å². The molecule has 0 aliphatic carbocycles. The lowest BCUT2D eigenvalue weighted by Crippen LogP contribution is -2.43. The van der Waals surface area contributed by atoms with Gasteiger partial charge in [0.1, 0.15) is 0 Å². The van der Waals surface area contributed by atoms with Crippen molar-refractivity contribution >= 4 is 0 Å². The standard InChI is InChI=1S/C10H23NO/c1-5-9(11)10(4,6-7-12)8(2)3/h8-9,12H,5-7,11H2,1-4H3. The fraction of sp³-hybridized carbons (Fsp3) is 1.00. The van der Waals surface area contributed by atoms with Crippen molar-refractivity contribution in [2.75, 3.05) is 6.61 Å². The second kappa shape index (κ2) is 4.83. The van der Waals surface area contributed by atoms with Crippen LogP contribution in [0.25, 0.3) is 0 Å². The molecule has 0 heterocycles. The van der Waals surface area contributed by atoms with Crippen LogP contribution >= 0.6 is 0 Å². The van der Waals surface area contributed by atoms with Gasteiger partial charge < -0.3 is 10.8 Å². The highest BCUT2D eigenvalue weighted by atomic mass is 16.3. The Morgan fingerprint density at radius 2 is 1.92 bits per heavy atom. The molecule has 0 rings (SSSR count). The Hall–Kier alpha value is -0.0800. The quantitative estimate of drug-likeness (QED) is 0.665. The van der Waals surface area contributed by atoms with Gasteiger partial charge in [0, 0.05) is 12.6 Å². The van der Waals surface area contributed by atoms with Gasteiger partial charge in [0.05, 0.1) is 0 Å². The average Bonchev–Trinajstić information content (AvgIpc) is 2.03. The van der Waals surface area contributed by atoms with Crippen LogP contribution in [0, 0.1) is 11.3 Å². The molecule has 0 radical (unpaired) electrons. The van der Waals surface area contributed by atoms with E-state index in [1.54, 1.807) is 0 Å². The molecule has 0 aromatic heterocycles. The minimum absolute atomic E-state index is 0.0868. The molecule has 2 atom stereocenters. The van der Waals surface area contributed by atoms with Crippen molar-refractivity contribution in [3.05, 3.63) is 0 Å². The van der Waals surface area contributed by atoms with Crippen LogP contribution < -0.4 is 5.73 Å². The van der Waals surface area contributed by atoms with Gasteiger partial charge in [-0.3, -0.25) is 0 Å². The predicted molar refractivity (Wildman–Crippen MR) is 52.9 cm³/mol. The topological polar surface area (TPSA) is 46.2 Å². The SMILES string of the molecule is CCC(N)C(C)(CCO)C(C)C. The van der Waals surface area contributed by atoms with Crippen LogP contribution in [0.2, 0.25) is 0 Å². The average molecular weight is 173 g/mol. The molecular formula is C10H23NO. The van der Waals surface area contributed by atoms with Gasteiger partial charge in [-0.2, -0.15) is 0 Å². The van der Waals surface area contributed by atoms with Crippen LogP contribution in [0.15, 0.2) is 0 Å². The zero-order chi connectivity index (χ0) is 9.78. The van der Waals surface area contributed by atoms with E-state index in [9.17, 15) is 0 Å². The van der Waals surface area contributed by atoms with E-state index in [-0.39, 0.29) is 18.1 Å². The maximum absolute atomic E-state index is 8.94.